The molecule has 1 heterocycles. The lowest BCUT2D eigenvalue weighted by Gasteiger charge is -2.23. The van der Waals surface area contributed by atoms with Gasteiger partial charge in [0.05, 0.1) is 24.6 Å². The Morgan fingerprint density at radius 2 is 2.00 bits per heavy atom. The molecule has 2 rings (SSSR count). The molecule has 0 amide bonds. The number of nitrogens with zero attached hydrogens (tertiary/aromatic N) is 2. The van der Waals surface area contributed by atoms with Gasteiger partial charge in [-0.15, -0.1) is 0 Å². The van der Waals surface area contributed by atoms with E-state index in [4.69, 9.17) is 10.5 Å². The number of aryl methyl sites for hydroxylation is 1. The lowest BCUT2D eigenvalue weighted by molar-refractivity contribution is 0.0602. The molecule has 0 fully saturated rings. The van der Waals surface area contributed by atoms with Crippen molar-refractivity contribution >= 4 is 23.2 Å². The number of esters is 1. The number of aromatic nitrogens is 1. The molecule has 0 spiro atoms. The molecule has 21 heavy (non-hydrogen) atoms. The van der Waals surface area contributed by atoms with Crippen LogP contribution in [0, 0.1) is 6.92 Å². The van der Waals surface area contributed by atoms with Crippen molar-refractivity contribution in [3.8, 4) is 0 Å². The largest absolute Gasteiger partial charge is 0.465 e. The summed E-state index contributed by atoms with van der Waals surface area (Å²) in [6, 6.07) is 9.78. The van der Waals surface area contributed by atoms with Crippen LogP contribution in [0.4, 0.5) is 17.2 Å². The second-order valence-corrected chi connectivity index (χ2v) is 4.70. The van der Waals surface area contributed by atoms with Crippen molar-refractivity contribution in [3.05, 3.63) is 47.7 Å². The molecule has 1 aromatic carbocycles. The first-order valence-corrected chi connectivity index (χ1v) is 6.74. The molecule has 0 aliphatic rings. The van der Waals surface area contributed by atoms with Crippen molar-refractivity contribution in [1.82, 2.24) is 4.98 Å². The number of hydrogen-bond acceptors (Lipinski definition) is 5. The van der Waals surface area contributed by atoms with Crippen molar-refractivity contribution in [2.75, 3.05) is 24.3 Å². The molecule has 5 nitrogen and oxygen atoms in total. The van der Waals surface area contributed by atoms with Crippen LogP contribution in [-0.2, 0) is 4.74 Å². The molecular weight excluding hydrogens is 266 g/mol. The van der Waals surface area contributed by atoms with E-state index in [2.05, 4.69) is 4.98 Å². The number of methoxy groups -OCH3 is 1. The number of rotatable bonds is 4. The van der Waals surface area contributed by atoms with Crippen LogP contribution in [0.25, 0.3) is 0 Å². The van der Waals surface area contributed by atoms with E-state index >= 15 is 0 Å². The summed E-state index contributed by atoms with van der Waals surface area (Å²) in [5.41, 5.74) is 8.62. The molecule has 1 aromatic heterocycles. The van der Waals surface area contributed by atoms with Crippen LogP contribution in [0.3, 0.4) is 0 Å². The highest BCUT2D eigenvalue weighted by molar-refractivity contribution is 5.95. The molecule has 110 valence electrons. The average Bonchev–Trinajstić information content (AvgIpc) is 2.50. The minimum atomic E-state index is -0.462. The fourth-order valence-corrected chi connectivity index (χ4v) is 2.09. The summed E-state index contributed by atoms with van der Waals surface area (Å²) in [7, 11) is 1.33. The summed E-state index contributed by atoms with van der Waals surface area (Å²) in [5.74, 6) is 0.201. The first kappa shape index (κ1) is 14.8. The van der Waals surface area contributed by atoms with Crippen LogP contribution in [0.2, 0.25) is 0 Å². The van der Waals surface area contributed by atoms with Crippen molar-refractivity contribution in [2.45, 2.75) is 13.8 Å². The number of hydrogen-bond donors (Lipinski definition) is 1. The Morgan fingerprint density at radius 3 is 2.57 bits per heavy atom. The standard InChI is InChI=1S/C16H19N3O2/c1-4-19(12-7-5-11(2)6-8-12)15-9-13(16(20)21-3)14(17)10-18-15/h5-10H,4,17H2,1-3H3. The lowest BCUT2D eigenvalue weighted by atomic mass is 10.2. The van der Waals surface area contributed by atoms with E-state index in [1.807, 2.05) is 43.0 Å². The molecule has 5 heteroatoms. The SMILES string of the molecule is CCN(c1ccc(C)cc1)c1cc(C(=O)OC)c(N)cn1. The molecule has 0 radical (unpaired) electrons. The highest BCUT2D eigenvalue weighted by atomic mass is 16.5. The van der Waals surface area contributed by atoms with Gasteiger partial charge < -0.3 is 15.4 Å². The summed E-state index contributed by atoms with van der Waals surface area (Å²) >= 11 is 0. The summed E-state index contributed by atoms with van der Waals surface area (Å²) in [6.07, 6.45) is 1.48. The Morgan fingerprint density at radius 1 is 1.33 bits per heavy atom. The number of carbonyl (C=O) groups is 1. The molecule has 0 atom stereocenters. The van der Waals surface area contributed by atoms with E-state index in [1.54, 1.807) is 6.07 Å². The molecule has 0 aliphatic carbocycles. The Labute approximate surface area is 124 Å². The van der Waals surface area contributed by atoms with Gasteiger partial charge in [-0.1, -0.05) is 17.7 Å². The van der Waals surface area contributed by atoms with Crippen LogP contribution in [0.1, 0.15) is 22.8 Å². The Kier molecular flexibility index (Phi) is 4.42. The van der Waals surface area contributed by atoms with Gasteiger partial charge in [-0.2, -0.15) is 0 Å². The van der Waals surface area contributed by atoms with Crippen LogP contribution in [-0.4, -0.2) is 24.6 Å². The van der Waals surface area contributed by atoms with Gasteiger partial charge in [0.15, 0.2) is 0 Å². The van der Waals surface area contributed by atoms with Crippen LogP contribution >= 0.6 is 0 Å². The highest BCUT2D eigenvalue weighted by Crippen LogP contribution is 2.26. The van der Waals surface area contributed by atoms with Gasteiger partial charge >= 0.3 is 5.97 Å². The molecule has 0 saturated heterocycles. The Hall–Kier alpha value is -2.56. The second-order valence-electron chi connectivity index (χ2n) is 4.70. The fraction of sp³-hybridized carbons (Fsp3) is 0.250. The number of nitrogen functional groups attached to an aromatic ring is 1. The summed E-state index contributed by atoms with van der Waals surface area (Å²) in [4.78, 5) is 18.1. The van der Waals surface area contributed by atoms with Gasteiger partial charge in [-0.25, -0.2) is 9.78 Å². The molecule has 2 N–H and O–H groups in total. The molecule has 0 bridgehead atoms. The van der Waals surface area contributed by atoms with E-state index in [9.17, 15) is 4.79 Å². The fourth-order valence-electron chi connectivity index (χ4n) is 2.09. The minimum absolute atomic E-state index is 0.311. The minimum Gasteiger partial charge on any atom is -0.465 e. The molecule has 0 unspecified atom stereocenters. The summed E-state index contributed by atoms with van der Waals surface area (Å²) in [5, 5.41) is 0. The maximum absolute atomic E-state index is 11.7. The first-order valence-electron chi connectivity index (χ1n) is 6.74. The van der Waals surface area contributed by atoms with Crippen molar-refractivity contribution < 1.29 is 9.53 Å². The topological polar surface area (TPSA) is 68.5 Å². The second kappa shape index (κ2) is 6.26. The number of nitrogens with two attached hydrogens (primary N) is 1. The quantitative estimate of drug-likeness (QED) is 0.875. The Balaban J connectivity index is 2.43. The van der Waals surface area contributed by atoms with Gasteiger partial charge in [0.25, 0.3) is 0 Å². The highest BCUT2D eigenvalue weighted by Gasteiger charge is 2.15. The van der Waals surface area contributed by atoms with E-state index in [0.29, 0.717) is 17.1 Å². The lowest BCUT2D eigenvalue weighted by Crippen LogP contribution is -2.18. The van der Waals surface area contributed by atoms with E-state index in [0.717, 1.165) is 12.2 Å². The maximum Gasteiger partial charge on any atom is 0.340 e. The summed E-state index contributed by atoms with van der Waals surface area (Å²) < 4.78 is 4.74. The van der Waals surface area contributed by atoms with Gasteiger partial charge in [0, 0.05) is 12.2 Å². The van der Waals surface area contributed by atoms with Crippen LogP contribution < -0.4 is 10.6 Å². The number of ether oxygens (including phenoxy) is 1. The smallest absolute Gasteiger partial charge is 0.340 e. The third-order valence-electron chi connectivity index (χ3n) is 3.26. The summed E-state index contributed by atoms with van der Waals surface area (Å²) in [6.45, 7) is 4.78. The zero-order valence-electron chi connectivity index (χ0n) is 12.5. The van der Waals surface area contributed by atoms with Crippen molar-refractivity contribution in [2.24, 2.45) is 0 Å². The van der Waals surface area contributed by atoms with E-state index in [-0.39, 0.29) is 0 Å². The van der Waals surface area contributed by atoms with E-state index in [1.165, 1.54) is 18.9 Å². The van der Waals surface area contributed by atoms with Crippen LogP contribution in [0.15, 0.2) is 36.5 Å². The number of carbonyl (C=O) groups excluding carboxylic acids is 1. The van der Waals surface area contributed by atoms with Gasteiger partial charge in [-0.05, 0) is 32.0 Å². The zero-order valence-corrected chi connectivity index (χ0v) is 12.5. The third kappa shape index (κ3) is 3.13. The third-order valence-corrected chi connectivity index (χ3v) is 3.26. The average molecular weight is 285 g/mol. The van der Waals surface area contributed by atoms with Gasteiger partial charge in [0.2, 0.25) is 0 Å². The molecule has 2 aromatic rings. The van der Waals surface area contributed by atoms with Crippen molar-refractivity contribution in [3.63, 3.8) is 0 Å². The Bertz CT molecular complexity index is 638. The molecular formula is C16H19N3O2. The maximum atomic E-state index is 11.7. The van der Waals surface area contributed by atoms with Gasteiger partial charge in [-0.3, -0.25) is 0 Å². The number of pyridine rings is 1. The molecule has 0 aliphatic heterocycles. The monoisotopic (exact) mass is 285 g/mol. The van der Waals surface area contributed by atoms with Crippen LogP contribution in [0.5, 0.6) is 0 Å². The van der Waals surface area contributed by atoms with Gasteiger partial charge in [0.1, 0.15) is 5.82 Å². The predicted molar refractivity (Wildman–Crippen MR) is 83.8 cm³/mol. The number of benzene rings is 1. The predicted octanol–water partition coefficient (Wildman–Crippen LogP) is 2.92. The van der Waals surface area contributed by atoms with E-state index < -0.39 is 5.97 Å². The first-order chi connectivity index (χ1) is 10.1. The zero-order chi connectivity index (χ0) is 15.4. The normalized spacial score (nSPS) is 10.2. The van der Waals surface area contributed by atoms with Crippen molar-refractivity contribution in [1.29, 1.82) is 0 Å². The number of anilines is 3. The molecule has 0 saturated carbocycles.